The molecule has 7 unspecified atom stereocenters. The zero-order chi connectivity index (χ0) is 18.3. The lowest BCUT2D eigenvalue weighted by Gasteiger charge is -2.50. The number of carboxylic acids is 1. The van der Waals surface area contributed by atoms with Crippen molar-refractivity contribution in [2.24, 2.45) is 17.8 Å². The van der Waals surface area contributed by atoms with Crippen LogP contribution in [0.15, 0.2) is 0 Å². The van der Waals surface area contributed by atoms with Crippen LogP contribution in [0.25, 0.3) is 0 Å². The Morgan fingerprint density at radius 1 is 1.23 bits per heavy atom. The average Bonchev–Trinajstić information content (AvgIpc) is 2.67. The number of carbonyl (C=O) groups is 2. The molecule has 3 saturated heterocycles. The number of Topliss-reactive ketones (excluding diaryl/α,β-unsaturated/α-hetero) is 1. The van der Waals surface area contributed by atoms with Gasteiger partial charge in [0.1, 0.15) is 6.23 Å². The van der Waals surface area contributed by atoms with E-state index >= 15 is 0 Å². The summed E-state index contributed by atoms with van der Waals surface area (Å²) in [6.45, 7) is 0.655. The zero-order valence-electron chi connectivity index (χ0n) is 15.2. The fourth-order valence-corrected chi connectivity index (χ4v) is 5.17. The van der Waals surface area contributed by atoms with Crippen molar-refractivity contribution in [2.45, 2.75) is 69.2 Å². The summed E-state index contributed by atoms with van der Waals surface area (Å²) in [6, 6.07) is -0.341. The van der Waals surface area contributed by atoms with Crippen molar-refractivity contribution in [1.82, 2.24) is 21.3 Å². The molecule has 4 rings (SSSR count). The molecule has 7 atom stereocenters. The number of hydrogen-bond acceptors (Lipinski definition) is 7. The highest BCUT2D eigenvalue weighted by Gasteiger charge is 2.52. The highest BCUT2D eigenvalue weighted by atomic mass is 16.5. The van der Waals surface area contributed by atoms with Gasteiger partial charge in [0.15, 0.2) is 5.78 Å². The molecule has 5 N–H and O–H groups in total. The van der Waals surface area contributed by atoms with Crippen LogP contribution >= 0.6 is 0 Å². The van der Waals surface area contributed by atoms with E-state index in [1.165, 1.54) is 32.1 Å². The predicted molar refractivity (Wildman–Crippen MR) is 94.2 cm³/mol. The van der Waals surface area contributed by atoms with Crippen molar-refractivity contribution in [3.8, 4) is 0 Å². The third kappa shape index (κ3) is 3.29. The number of fused-ring (bicyclic) bond motifs is 2. The molecule has 8 heteroatoms. The Kier molecular flexibility index (Phi) is 5.29. The molecule has 26 heavy (non-hydrogen) atoms. The number of rotatable bonds is 3. The number of piperidine rings is 1. The van der Waals surface area contributed by atoms with Gasteiger partial charge in [-0.15, -0.1) is 0 Å². The van der Waals surface area contributed by atoms with Gasteiger partial charge in [0.2, 0.25) is 0 Å². The first-order chi connectivity index (χ1) is 12.6. The van der Waals surface area contributed by atoms with E-state index in [-0.39, 0.29) is 24.1 Å². The van der Waals surface area contributed by atoms with Gasteiger partial charge in [-0.25, -0.2) is 0 Å². The number of ether oxygens (including phenoxy) is 1. The zero-order valence-corrected chi connectivity index (χ0v) is 15.2. The van der Waals surface area contributed by atoms with Gasteiger partial charge >= 0.3 is 5.97 Å². The molecule has 0 aromatic rings. The largest absolute Gasteiger partial charge is 0.481 e. The minimum absolute atomic E-state index is 0.0989. The van der Waals surface area contributed by atoms with Crippen LogP contribution in [0.5, 0.6) is 0 Å². The lowest BCUT2D eigenvalue weighted by Crippen LogP contribution is -2.74. The number of carboxylic acid groups (broad SMARTS) is 1. The second-order valence-electron chi connectivity index (χ2n) is 8.15. The molecule has 0 radical (unpaired) electrons. The standard InChI is InChI=1S/C18H30N4O4/c1-19-16-11(18(24)25)7-10-14(23)13-12(26-17(10)22-16)8-20-15(21-13)9-5-3-2-4-6-9/h9-13,15-17,19-22H,2-8H2,1H3,(H,24,25). The quantitative estimate of drug-likeness (QED) is 0.459. The molecule has 146 valence electrons. The first kappa shape index (κ1) is 18.3. The van der Waals surface area contributed by atoms with Crippen molar-refractivity contribution in [1.29, 1.82) is 0 Å². The summed E-state index contributed by atoms with van der Waals surface area (Å²) >= 11 is 0. The molecule has 8 nitrogen and oxygen atoms in total. The molecule has 0 bridgehead atoms. The molecule has 4 fully saturated rings. The molecule has 0 aromatic carbocycles. The molecule has 3 aliphatic heterocycles. The third-order valence-electron chi connectivity index (χ3n) is 6.63. The second-order valence-corrected chi connectivity index (χ2v) is 8.15. The summed E-state index contributed by atoms with van der Waals surface area (Å²) in [5, 5.41) is 22.7. The summed E-state index contributed by atoms with van der Waals surface area (Å²) in [4.78, 5) is 24.8. The van der Waals surface area contributed by atoms with Crippen LogP contribution in [-0.4, -0.2) is 61.2 Å². The number of nitrogens with one attached hydrogen (secondary N) is 4. The molecular formula is C18H30N4O4. The van der Waals surface area contributed by atoms with Crippen molar-refractivity contribution in [3.05, 3.63) is 0 Å². The van der Waals surface area contributed by atoms with Gasteiger partial charge in [-0.1, -0.05) is 19.3 Å². The van der Waals surface area contributed by atoms with Gasteiger partial charge in [0, 0.05) is 6.54 Å². The second kappa shape index (κ2) is 7.52. The molecule has 0 aromatic heterocycles. The normalized spacial score (nSPS) is 44.2. The third-order valence-corrected chi connectivity index (χ3v) is 6.63. The highest BCUT2D eigenvalue weighted by Crippen LogP contribution is 2.34. The molecule has 4 aliphatic rings. The Balaban J connectivity index is 1.46. The minimum atomic E-state index is -0.886. The van der Waals surface area contributed by atoms with Crippen molar-refractivity contribution in [2.75, 3.05) is 13.6 Å². The van der Waals surface area contributed by atoms with Crippen LogP contribution in [0.3, 0.4) is 0 Å². The van der Waals surface area contributed by atoms with Gasteiger partial charge in [-0.2, -0.15) is 0 Å². The summed E-state index contributed by atoms with van der Waals surface area (Å²) in [5.74, 6) is -1.29. The first-order valence-corrected chi connectivity index (χ1v) is 9.93. The van der Waals surface area contributed by atoms with E-state index in [4.69, 9.17) is 4.74 Å². The first-order valence-electron chi connectivity index (χ1n) is 9.93. The van der Waals surface area contributed by atoms with Gasteiger partial charge in [0.25, 0.3) is 0 Å². The van der Waals surface area contributed by atoms with Gasteiger partial charge < -0.3 is 15.2 Å². The molecule has 0 amide bonds. The monoisotopic (exact) mass is 366 g/mol. The topological polar surface area (TPSA) is 112 Å². The molecule has 1 saturated carbocycles. The van der Waals surface area contributed by atoms with Gasteiger partial charge in [-0.05, 0) is 32.2 Å². The van der Waals surface area contributed by atoms with E-state index in [2.05, 4.69) is 21.3 Å². The van der Waals surface area contributed by atoms with Gasteiger partial charge in [0.05, 0.1) is 36.3 Å². The van der Waals surface area contributed by atoms with Gasteiger partial charge in [-0.3, -0.25) is 25.5 Å². The lowest BCUT2D eigenvalue weighted by atomic mass is 9.78. The minimum Gasteiger partial charge on any atom is -0.481 e. The number of carbonyl (C=O) groups excluding carboxylic acids is 1. The van der Waals surface area contributed by atoms with E-state index in [0.29, 0.717) is 18.9 Å². The molecular weight excluding hydrogens is 336 g/mol. The Morgan fingerprint density at radius 2 is 2.00 bits per heavy atom. The van der Waals surface area contributed by atoms with E-state index in [1.807, 2.05) is 0 Å². The summed E-state index contributed by atoms with van der Waals surface area (Å²) in [5.41, 5.74) is 0. The Hall–Kier alpha value is -1.06. The lowest BCUT2D eigenvalue weighted by molar-refractivity contribution is -0.176. The van der Waals surface area contributed by atoms with Crippen molar-refractivity contribution in [3.63, 3.8) is 0 Å². The Bertz CT molecular complexity index is 553. The number of aliphatic carboxylic acids is 1. The fourth-order valence-electron chi connectivity index (χ4n) is 5.17. The van der Waals surface area contributed by atoms with E-state index in [0.717, 1.165) is 0 Å². The van der Waals surface area contributed by atoms with Crippen LogP contribution in [0.4, 0.5) is 0 Å². The van der Waals surface area contributed by atoms with Crippen LogP contribution in [0, 0.1) is 17.8 Å². The van der Waals surface area contributed by atoms with E-state index in [1.54, 1.807) is 7.05 Å². The maximum absolute atomic E-state index is 13.2. The van der Waals surface area contributed by atoms with E-state index < -0.39 is 30.2 Å². The maximum Gasteiger partial charge on any atom is 0.309 e. The van der Waals surface area contributed by atoms with Crippen molar-refractivity contribution < 1.29 is 19.4 Å². The smallest absolute Gasteiger partial charge is 0.309 e. The van der Waals surface area contributed by atoms with Crippen molar-refractivity contribution >= 4 is 11.8 Å². The summed E-state index contributed by atoms with van der Waals surface area (Å²) < 4.78 is 6.17. The molecule has 3 heterocycles. The summed E-state index contributed by atoms with van der Waals surface area (Å²) in [7, 11) is 1.72. The summed E-state index contributed by atoms with van der Waals surface area (Å²) in [6.07, 6.45) is 5.62. The highest BCUT2D eigenvalue weighted by molar-refractivity contribution is 5.89. The van der Waals surface area contributed by atoms with Crippen LogP contribution < -0.4 is 21.3 Å². The van der Waals surface area contributed by atoms with Crippen LogP contribution in [0.2, 0.25) is 0 Å². The van der Waals surface area contributed by atoms with E-state index in [9.17, 15) is 14.7 Å². The Morgan fingerprint density at radius 3 is 2.69 bits per heavy atom. The molecule has 1 aliphatic carbocycles. The average molecular weight is 366 g/mol. The Labute approximate surface area is 153 Å². The SMILES string of the molecule is CNC1NC2OC3CNC(C4CCCCC4)NC3C(=O)C2CC1C(=O)O. The van der Waals surface area contributed by atoms with Crippen LogP contribution in [0.1, 0.15) is 38.5 Å². The maximum atomic E-state index is 13.2. The number of hydrogen-bond donors (Lipinski definition) is 5. The molecule has 0 spiro atoms. The predicted octanol–water partition coefficient (Wildman–Crippen LogP) is -0.396. The fraction of sp³-hybridized carbons (Fsp3) is 0.889. The number of ketones is 1. The van der Waals surface area contributed by atoms with Crippen LogP contribution in [-0.2, 0) is 14.3 Å².